The molecule has 1 N–H and O–H groups in total. The first kappa shape index (κ1) is 15.6. The molecule has 0 unspecified atom stereocenters. The second kappa shape index (κ2) is 5.68. The van der Waals surface area contributed by atoms with E-state index in [2.05, 4.69) is 77.7 Å². The Hall–Kier alpha value is -1.44. The molecular weight excluding hydrogens is 234 g/mol. The van der Waals surface area contributed by atoms with Crippen LogP contribution in [-0.2, 0) is 11.3 Å². The summed E-state index contributed by atoms with van der Waals surface area (Å²) in [6.07, 6.45) is 0. The monoisotopic (exact) mass is 261 g/mol. The van der Waals surface area contributed by atoms with E-state index >= 15 is 0 Å². The Labute approximate surface area is 117 Å². The summed E-state index contributed by atoms with van der Waals surface area (Å²) in [5.74, 6) is 0.824. The molecule has 0 atom stereocenters. The quantitative estimate of drug-likeness (QED) is 0.772. The molecule has 1 rings (SSSR count). The van der Waals surface area contributed by atoms with Crippen molar-refractivity contribution in [1.82, 2.24) is 0 Å². The molecule has 0 radical (unpaired) electrons. The van der Waals surface area contributed by atoms with Crippen molar-refractivity contribution >= 4 is 5.69 Å². The van der Waals surface area contributed by atoms with Crippen LogP contribution in [0.1, 0.15) is 47.1 Å². The van der Waals surface area contributed by atoms with Crippen LogP contribution in [0, 0.1) is 5.41 Å². The molecule has 0 heterocycles. The number of allylic oxidation sites excluding steroid dienone is 1. The number of nitrogens with one attached hydrogen (secondary N) is 1. The van der Waals surface area contributed by atoms with Crippen LogP contribution in [0.3, 0.4) is 0 Å². The fraction of sp³-hybridized carbons (Fsp3) is 0.529. The second-order valence-electron chi connectivity index (χ2n) is 7.03. The van der Waals surface area contributed by atoms with Gasteiger partial charge in [-0.3, -0.25) is 0 Å². The van der Waals surface area contributed by atoms with Crippen molar-refractivity contribution in [1.29, 1.82) is 0 Å². The SMILES string of the molecule is C=C(OCc1ccc(NC(C)(C)C)cc1)C(C)(C)C. The highest BCUT2D eigenvalue weighted by Gasteiger charge is 2.16. The lowest BCUT2D eigenvalue weighted by Gasteiger charge is -2.23. The molecule has 0 aliphatic heterocycles. The van der Waals surface area contributed by atoms with Gasteiger partial charge in [-0.2, -0.15) is 0 Å². The fourth-order valence-corrected chi connectivity index (χ4v) is 1.50. The van der Waals surface area contributed by atoms with E-state index in [0.717, 1.165) is 17.0 Å². The Morgan fingerprint density at radius 1 is 1.05 bits per heavy atom. The minimum Gasteiger partial charge on any atom is -0.493 e. The summed E-state index contributed by atoms with van der Waals surface area (Å²) in [4.78, 5) is 0. The first-order valence-electron chi connectivity index (χ1n) is 6.77. The summed E-state index contributed by atoms with van der Waals surface area (Å²) < 4.78 is 5.72. The first-order valence-corrected chi connectivity index (χ1v) is 6.77. The molecule has 0 aromatic heterocycles. The van der Waals surface area contributed by atoms with Crippen LogP contribution in [0.25, 0.3) is 0 Å². The van der Waals surface area contributed by atoms with Crippen LogP contribution < -0.4 is 5.32 Å². The molecule has 2 nitrogen and oxygen atoms in total. The van der Waals surface area contributed by atoms with Gasteiger partial charge in [0.2, 0.25) is 0 Å². The fourth-order valence-electron chi connectivity index (χ4n) is 1.50. The van der Waals surface area contributed by atoms with Gasteiger partial charge >= 0.3 is 0 Å². The second-order valence-corrected chi connectivity index (χ2v) is 7.03. The minimum absolute atomic E-state index is 0.00622. The number of ether oxygens (including phenoxy) is 1. The van der Waals surface area contributed by atoms with Gasteiger partial charge in [0.25, 0.3) is 0 Å². The highest BCUT2D eigenvalue weighted by Crippen LogP contribution is 2.25. The van der Waals surface area contributed by atoms with Gasteiger partial charge in [-0.1, -0.05) is 39.5 Å². The molecule has 0 saturated carbocycles. The molecule has 0 spiro atoms. The van der Waals surface area contributed by atoms with Crippen molar-refractivity contribution < 1.29 is 4.74 Å². The lowest BCUT2D eigenvalue weighted by Crippen LogP contribution is -2.25. The van der Waals surface area contributed by atoms with Gasteiger partial charge in [0.1, 0.15) is 6.61 Å². The molecular formula is C17H27NO. The average Bonchev–Trinajstić information content (AvgIpc) is 2.24. The maximum Gasteiger partial charge on any atom is 0.113 e. The van der Waals surface area contributed by atoms with Crippen LogP contribution in [0.2, 0.25) is 0 Å². The third-order valence-electron chi connectivity index (χ3n) is 2.72. The van der Waals surface area contributed by atoms with E-state index in [1.165, 1.54) is 0 Å². The minimum atomic E-state index is -0.00622. The average molecular weight is 261 g/mol. The molecule has 0 aliphatic rings. The summed E-state index contributed by atoms with van der Waals surface area (Å²) in [7, 11) is 0. The van der Waals surface area contributed by atoms with Crippen molar-refractivity contribution in [2.24, 2.45) is 5.41 Å². The number of benzene rings is 1. The maximum absolute atomic E-state index is 5.72. The summed E-state index contributed by atoms with van der Waals surface area (Å²) in [5.41, 5.74) is 2.36. The number of rotatable bonds is 4. The lowest BCUT2D eigenvalue weighted by molar-refractivity contribution is 0.142. The van der Waals surface area contributed by atoms with Crippen molar-refractivity contribution in [3.05, 3.63) is 42.2 Å². The van der Waals surface area contributed by atoms with Gasteiger partial charge in [-0.15, -0.1) is 0 Å². The molecule has 0 bridgehead atoms. The predicted molar refractivity (Wildman–Crippen MR) is 83.2 cm³/mol. The molecule has 1 aromatic carbocycles. The van der Waals surface area contributed by atoms with E-state index < -0.39 is 0 Å². The Morgan fingerprint density at radius 3 is 2.00 bits per heavy atom. The van der Waals surface area contributed by atoms with E-state index in [1.54, 1.807) is 0 Å². The zero-order valence-corrected chi connectivity index (χ0v) is 13.1. The molecule has 0 aliphatic carbocycles. The normalized spacial score (nSPS) is 12.1. The van der Waals surface area contributed by atoms with Gasteiger partial charge < -0.3 is 10.1 Å². The van der Waals surface area contributed by atoms with E-state index in [1.807, 2.05) is 0 Å². The number of hydrogen-bond acceptors (Lipinski definition) is 2. The molecule has 0 fully saturated rings. The summed E-state index contributed by atoms with van der Waals surface area (Å²) >= 11 is 0. The largest absolute Gasteiger partial charge is 0.493 e. The van der Waals surface area contributed by atoms with Crippen molar-refractivity contribution in [3.8, 4) is 0 Å². The molecule has 0 amide bonds. The van der Waals surface area contributed by atoms with Crippen LogP contribution in [0.15, 0.2) is 36.6 Å². The lowest BCUT2D eigenvalue weighted by atomic mass is 9.95. The van der Waals surface area contributed by atoms with Crippen molar-refractivity contribution in [2.75, 3.05) is 5.32 Å². The van der Waals surface area contributed by atoms with Crippen molar-refractivity contribution in [2.45, 2.75) is 53.7 Å². The Bertz CT molecular complexity index is 418. The molecule has 0 saturated heterocycles. The van der Waals surface area contributed by atoms with Gasteiger partial charge in [0.05, 0.1) is 5.76 Å². The van der Waals surface area contributed by atoms with Gasteiger partial charge in [0.15, 0.2) is 0 Å². The Morgan fingerprint density at radius 2 is 1.58 bits per heavy atom. The predicted octanol–water partition coefficient (Wildman–Crippen LogP) is 4.97. The standard InChI is InChI=1S/C17H27NO/c1-13(16(2,3)4)19-12-14-8-10-15(11-9-14)18-17(5,6)7/h8-11,18H,1,12H2,2-7H3. The van der Waals surface area contributed by atoms with Gasteiger partial charge in [0, 0.05) is 16.6 Å². The molecule has 19 heavy (non-hydrogen) atoms. The molecule has 1 aromatic rings. The summed E-state index contributed by atoms with van der Waals surface area (Å²) in [6, 6.07) is 8.35. The third kappa shape index (κ3) is 5.82. The van der Waals surface area contributed by atoms with Gasteiger partial charge in [-0.05, 0) is 38.5 Å². The maximum atomic E-state index is 5.72. The van der Waals surface area contributed by atoms with Crippen LogP contribution in [0.5, 0.6) is 0 Å². The molecule has 2 heteroatoms. The van der Waals surface area contributed by atoms with E-state index in [4.69, 9.17) is 4.74 Å². The number of hydrogen-bond donors (Lipinski definition) is 1. The van der Waals surface area contributed by atoms with E-state index in [0.29, 0.717) is 6.61 Å². The Balaban J connectivity index is 2.56. The Kier molecular flexibility index (Phi) is 4.67. The zero-order chi connectivity index (χ0) is 14.7. The van der Waals surface area contributed by atoms with Crippen molar-refractivity contribution in [3.63, 3.8) is 0 Å². The third-order valence-corrected chi connectivity index (χ3v) is 2.72. The highest BCUT2D eigenvalue weighted by molar-refractivity contribution is 5.46. The summed E-state index contributed by atoms with van der Waals surface area (Å²) in [6.45, 7) is 17.3. The van der Waals surface area contributed by atoms with Crippen LogP contribution >= 0.6 is 0 Å². The number of anilines is 1. The van der Waals surface area contributed by atoms with Gasteiger partial charge in [-0.25, -0.2) is 0 Å². The van der Waals surface area contributed by atoms with E-state index in [-0.39, 0.29) is 11.0 Å². The van der Waals surface area contributed by atoms with E-state index in [9.17, 15) is 0 Å². The topological polar surface area (TPSA) is 21.3 Å². The highest BCUT2D eigenvalue weighted by atomic mass is 16.5. The smallest absolute Gasteiger partial charge is 0.113 e. The molecule has 106 valence electrons. The first-order chi connectivity index (χ1) is 8.58. The van der Waals surface area contributed by atoms with Crippen LogP contribution in [0.4, 0.5) is 5.69 Å². The summed E-state index contributed by atoms with van der Waals surface area (Å²) in [5, 5.41) is 3.44. The zero-order valence-electron chi connectivity index (χ0n) is 13.1. The van der Waals surface area contributed by atoms with Crippen LogP contribution in [-0.4, -0.2) is 5.54 Å².